The third-order valence-corrected chi connectivity index (χ3v) is 5.72. The van der Waals surface area contributed by atoms with Crippen LogP contribution in [-0.2, 0) is 11.3 Å². The van der Waals surface area contributed by atoms with Crippen molar-refractivity contribution in [3.05, 3.63) is 53.3 Å². The molecule has 2 heterocycles. The van der Waals surface area contributed by atoms with Gasteiger partial charge in [0.25, 0.3) is 0 Å². The van der Waals surface area contributed by atoms with Crippen molar-refractivity contribution in [3.63, 3.8) is 0 Å². The van der Waals surface area contributed by atoms with E-state index in [0.29, 0.717) is 11.6 Å². The number of nitrogens with one attached hydrogen (secondary N) is 1. The Morgan fingerprint density at radius 1 is 1.06 bits per heavy atom. The smallest absolute Gasteiger partial charge is 0.153 e. The van der Waals surface area contributed by atoms with Crippen molar-refractivity contribution in [2.45, 2.75) is 26.4 Å². The fourth-order valence-corrected chi connectivity index (χ4v) is 3.92. The first-order valence-corrected chi connectivity index (χ1v) is 10.8. The van der Waals surface area contributed by atoms with Gasteiger partial charge in [-0.2, -0.15) is 4.68 Å². The molecule has 1 N–H and O–H groups in total. The summed E-state index contributed by atoms with van der Waals surface area (Å²) < 4.78 is 18.3. The Balaban J connectivity index is 1.55. The molecule has 9 nitrogen and oxygen atoms in total. The Hall–Kier alpha value is -3.17. The van der Waals surface area contributed by atoms with Gasteiger partial charge in [-0.1, -0.05) is 6.07 Å². The number of benzene rings is 2. The van der Waals surface area contributed by atoms with Crippen LogP contribution < -0.4 is 14.8 Å². The zero-order chi connectivity index (χ0) is 22.5. The summed E-state index contributed by atoms with van der Waals surface area (Å²) in [6, 6.07) is 12.4. The number of morpholine rings is 1. The predicted octanol–water partition coefficient (Wildman–Crippen LogP) is 2.99. The first-order valence-electron chi connectivity index (χ1n) is 10.8. The van der Waals surface area contributed by atoms with Crippen LogP contribution in [0.25, 0.3) is 5.69 Å². The molecule has 1 aliphatic rings. The molecule has 32 heavy (non-hydrogen) atoms. The van der Waals surface area contributed by atoms with E-state index >= 15 is 0 Å². The van der Waals surface area contributed by atoms with Gasteiger partial charge in [-0.05, 0) is 60.2 Å². The van der Waals surface area contributed by atoms with Crippen LogP contribution in [0.5, 0.6) is 11.5 Å². The van der Waals surface area contributed by atoms with Gasteiger partial charge in [0.05, 0.1) is 27.4 Å². The summed E-state index contributed by atoms with van der Waals surface area (Å²) in [5.41, 5.74) is 4.11. The molecule has 1 aliphatic heterocycles. The minimum atomic E-state index is 0.0839. The van der Waals surface area contributed by atoms with Crippen LogP contribution in [0.2, 0.25) is 0 Å². The largest absolute Gasteiger partial charge is 0.496 e. The fourth-order valence-electron chi connectivity index (χ4n) is 3.92. The van der Waals surface area contributed by atoms with Crippen molar-refractivity contribution in [1.29, 1.82) is 0 Å². The Morgan fingerprint density at radius 2 is 1.81 bits per heavy atom. The molecule has 0 saturated carbocycles. The van der Waals surface area contributed by atoms with Crippen LogP contribution in [0.1, 0.15) is 29.9 Å². The summed E-state index contributed by atoms with van der Waals surface area (Å²) in [4.78, 5) is 2.40. The van der Waals surface area contributed by atoms with Gasteiger partial charge in [0.2, 0.25) is 0 Å². The number of methoxy groups -OCH3 is 2. The molecule has 170 valence electrons. The van der Waals surface area contributed by atoms with Crippen LogP contribution in [0, 0.1) is 6.92 Å². The van der Waals surface area contributed by atoms with Crippen LogP contribution >= 0.6 is 0 Å². The third-order valence-electron chi connectivity index (χ3n) is 5.72. The number of anilines is 1. The van der Waals surface area contributed by atoms with E-state index in [0.717, 1.165) is 50.0 Å². The summed E-state index contributed by atoms with van der Waals surface area (Å²) in [6.07, 6.45) is 0. The molecule has 0 amide bonds. The molecule has 4 rings (SSSR count). The zero-order valence-electron chi connectivity index (χ0n) is 19.0. The Kier molecular flexibility index (Phi) is 6.87. The minimum absolute atomic E-state index is 0.0839. The lowest BCUT2D eigenvalue weighted by atomic mass is 10.0. The lowest BCUT2D eigenvalue weighted by Gasteiger charge is -2.27. The van der Waals surface area contributed by atoms with E-state index in [9.17, 15) is 0 Å². The van der Waals surface area contributed by atoms with E-state index in [1.165, 1.54) is 11.1 Å². The van der Waals surface area contributed by atoms with E-state index in [1.54, 1.807) is 18.9 Å². The standard InChI is InChI=1S/C23H30N6O3/c1-16(18-5-7-22(30-3)19(13-18)15-28-9-11-32-12-10-28)24-20-6-8-23(31-4)21(14-20)29-17(2)25-26-27-29/h5-8,13-14,16,24H,9-12,15H2,1-4H3. The number of nitrogens with zero attached hydrogens (tertiary/aromatic N) is 5. The number of ether oxygens (including phenoxy) is 3. The first-order chi connectivity index (χ1) is 15.6. The van der Waals surface area contributed by atoms with Crippen molar-refractivity contribution in [2.24, 2.45) is 0 Å². The van der Waals surface area contributed by atoms with E-state index in [4.69, 9.17) is 14.2 Å². The maximum Gasteiger partial charge on any atom is 0.153 e. The van der Waals surface area contributed by atoms with Crippen molar-refractivity contribution < 1.29 is 14.2 Å². The molecule has 1 atom stereocenters. The monoisotopic (exact) mass is 438 g/mol. The summed E-state index contributed by atoms with van der Waals surface area (Å²) in [6.45, 7) is 8.28. The molecule has 2 aromatic carbocycles. The highest BCUT2D eigenvalue weighted by Gasteiger charge is 2.16. The molecule has 1 aromatic heterocycles. The Morgan fingerprint density at radius 3 is 2.50 bits per heavy atom. The normalized spacial score (nSPS) is 15.4. The number of rotatable bonds is 8. The highest BCUT2D eigenvalue weighted by molar-refractivity contribution is 5.59. The molecule has 0 spiro atoms. The summed E-state index contributed by atoms with van der Waals surface area (Å²) >= 11 is 0. The number of aromatic nitrogens is 4. The highest BCUT2D eigenvalue weighted by Crippen LogP contribution is 2.30. The van der Waals surface area contributed by atoms with Crippen molar-refractivity contribution in [2.75, 3.05) is 45.8 Å². The fraction of sp³-hybridized carbons (Fsp3) is 0.435. The molecule has 3 aromatic rings. The maximum atomic E-state index is 5.62. The van der Waals surface area contributed by atoms with E-state index < -0.39 is 0 Å². The van der Waals surface area contributed by atoms with Crippen molar-refractivity contribution >= 4 is 5.69 Å². The van der Waals surface area contributed by atoms with Gasteiger partial charge in [0.15, 0.2) is 5.82 Å². The van der Waals surface area contributed by atoms with Gasteiger partial charge >= 0.3 is 0 Å². The number of hydrogen-bond acceptors (Lipinski definition) is 8. The van der Waals surface area contributed by atoms with E-state index in [2.05, 4.69) is 44.8 Å². The first kappa shape index (κ1) is 22.0. The molecule has 1 fully saturated rings. The average molecular weight is 439 g/mol. The van der Waals surface area contributed by atoms with Gasteiger partial charge in [-0.15, -0.1) is 5.10 Å². The second-order valence-electron chi connectivity index (χ2n) is 7.85. The van der Waals surface area contributed by atoms with Crippen LogP contribution in [0.15, 0.2) is 36.4 Å². The molecular formula is C23H30N6O3. The summed E-state index contributed by atoms with van der Waals surface area (Å²) in [5.74, 6) is 2.31. The van der Waals surface area contributed by atoms with Crippen molar-refractivity contribution in [1.82, 2.24) is 25.1 Å². The second-order valence-corrected chi connectivity index (χ2v) is 7.85. The lowest BCUT2D eigenvalue weighted by molar-refractivity contribution is 0.0339. The minimum Gasteiger partial charge on any atom is -0.496 e. The second kappa shape index (κ2) is 9.97. The molecule has 0 aliphatic carbocycles. The lowest BCUT2D eigenvalue weighted by Crippen LogP contribution is -2.35. The Bertz CT molecular complexity index is 1050. The molecule has 1 saturated heterocycles. The highest BCUT2D eigenvalue weighted by atomic mass is 16.5. The van der Waals surface area contributed by atoms with Crippen LogP contribution in [-0.4, -0.2) is 65.6 Å². The van der Waals surface area contributed by atoms with Gasteiger partial charge in [0, 0.05) is 36.9 Å². The molecular weight excluding hydrogens is 408 g/mol. The molecule has 1 unspecified atom stereocenters. The summed E-state index contributed by atoms with van der Waals surface area (Å²) in [7, 11) is 3.36. The van der Waals surface area contributed by atoms with Crippen LogP contribution in [0.4, 0.5) is 5.69 Å². The number of hydrogen-bond donors (Lipinski definition) is 1. The SMILES string of the molecule is COc1ccc(C(C)Nc2ccc(OC)c(-n3nnnc3C)c2)cc1CN1CCOCC1. The van der Waals surface area contributed by atoms with Crippen molar-refractivity contribution in [3.8, 4) is 17.2 Å². The molecule has 0 bridgehead atoms. The zero-order valence-corrected chi connectivity index (χ0v) is 19.0. The topological polar surface area (TPSA) is 86.6 Å². The van der Waals surface area contributed by atoms with Gasteiger partial charge in [0.1, 0.15) is 17.2 Å². The molecule has 0 radical (unpaired) electrons. The quantitative estimate of drug-likeness (QED) is 0.574. The Labute approximate surface area is 188 Å². The van der Waals surface area contributed by atoms with Gasteiger partial charge < -0.3 is 19.5 Å². The van der Waals surface area contributed by atoms with Crippen LogP contribution in [0.3, 0.4) is 0 Å². The third kappa shape index (κ3) is 4.84. The predicted molar refractivity (Wildman–Crippen MR) is 122 cm³/mol. The van der Waals surface area contributed by atoms with E-state index in [-0.39, 0.29) is 6.04 Å². The number of aryl methyl sites for hydroxylation is 1. The van der Waals surface area contributed by atoms with Gasteiger partial charge in [-0.3, -0.25) is 4.90 Å². The molecule has 9 heteroatoms. The van der Waals surface area contributed by atoms with E-state index in [1.807, 2.05) is 31.2 Å². The van der Waals surface area contributed by atoms with Gasteiger partial charge in [-0.25, -0.2) is 0 Å². The average Bonchev–Trinajstić information content (AvgIpc) is 3.25. The maximum absolute atomic E-state index is 5.62. The summed E-state index contributed by atoms with van der Waals surface area (Å²) in [5, 5.41) is 15.4. The number of tetrazole rings is 1.